The number of rotatable bonds is 3. The first kappa shape index (κ1) is 18.3. The standard InChI is InChI=1S/C18H20F3N3O2/c1-3-15-16(12(2)26-22-15)17(25)24-9-7-23(8-10-24)14-6-4-5-13(11-14)18(19,20)21/h4-6,11H,3,7-10H2,1-2H3. The van der Waals surface area contributed by atoms with Gasteiger partial charge in [-0.2, -0.15) is 13.2 Å². The molecule has 1 saturated heterocycles. The minimum Gasteiger partial charge on any atom is -0.368 e. The lowest BCUT2D eigenvalue weighted by atomic mass is 10.1. The summed E-state index contributed by atoms with van der Waals surface area (Å²) in [6, 6.07) is 5.27. The lowest BCUT2D eigenvalue weighted by Crippen LogP contribution is -2.49. The molecule has 0 aliphatic carbocycles. The third kappa shape index (κ3) is 3.54. The zero-order valence-corrected chi connectivity index (χ0v) is 14.6. The van der Waals surface area contributed by atoms with Crippen LogP contribution in [0.5, 0.6) is 0 Å². The minimum atomic E-state index is -4.36. The van der Waals surface area contributed by atoms with Gasteiger partial charge in [0.1, 0.15) is 11.3 Å². The Morgan fingerprint density at radius 3 is 2.54 bits per heavy atom. The Labute approximate surface area is 149 Å². The Morgan fingerprint density at radius 2 is 1.92 bits per heavy atom. The largest absolute Gasteiger partial charge is 0.416 e. The molecule has 2 heterocycles. The number of benzene rings is 1. The topological polar surface area (TPSA) is 49.6 Å². The van der Waals surface area contributed by atoms with E-state index in [4.69, 9.17) is 4.52 Å². The van der Waals surface area contributed by atoms with Gasteiger partial charge in [-0.15, -0.1) is 0 Å². The normalized spacial score (nSPS) is 15.4. The van der Waals surface area contributed by atoms with E-state index in [1.807, 2.05) is 11.8 Å². The number of piperazine rings is 1. The van der Waals surface area contributed by atoms with Crippen molar-refractivity contribution in [1.82, 2.24) is 10.1 Å². The van der Waals surface area contributed by atoms with Crippen LogP contribution in [-0.2, 0) is 12.6 Å². The maximum absolute atomic E-state index is 12.9. The number of carbonyl (C=O) groups is 1. The minimum absolute atomic E-state index is 0.135. The highest BCUT2D eigenvalue weighted by Crippen LogP contribution is 2.32. The van der Waals surface area contributed by atoms with Crippen LogP contribution in [0, 0.1) is 6.92 Å². The van der Waals surface area contributed by atoms with Crippen LogP contribution in [0.3, 0.4) is 0 Å². The fourth-order valence-corrected chi connectivity index (χ4v) is 3.14. The first-order valence-corrected chi connectivity index (χ1v) is 8.48. The first-order valence-electron chi connectivity index (χ1n) is 8.48. The van der Waals surface area contributed by atoms with Gasteiger partial charge in [0, 0.05) is 31.9 Å². The molecule has 3 rings (SSSR count). The van der Waals surface area contributed by atoms with E-state index in [-0.39, 0.29) is 5.91 Å². The van der Waals surface area contributed by atoms with E-state index in [0.717, 1.165) is 12.1 Å². The van der Waals surface area contributed by atoms with Gasteiger partial charge in [-0.1, -0.05) is 18.1 Å². The van der Waals surface area contributed by atoms with Crippen molar-refractivity contribution in [2.75, 3.05) is 31.1 Å². The van der Waals surface area contributed by atoms with Gasteiger partial charge in [0.15, 0.2) is 0 Å². The monoisotopic (exact) mass is 367 g/mol. The first-order chi connectivity index (χ1) is 12.3. The lowest BCUT2D eigenvalue weighted by molar-refractivity contribution is -0.137. The van der Waals surface area contributed by atoms with Crippen LogP contribution < -0.4 is 4.90 Å². The number of carbonyl (C=O) groups excluding carboxylic acids is 1. The van der Waals surface area contributed by atoms with Crippen LogP contribution in [0.1, 0.15) is 34.3 Å². The zero-order valence-electron chi connectivity index (χ0n) is 14.6. The van der Waals surface area contributed by atoms with E-state index in [0.29, 0.717) is 55.3 Å². The quantitative estimate of drug-likeness (QED) is 0.833. The number of nitrogens with zero attached hydrogens (tertiary/aromatic N) is 3. The van der Waals surface area contributed by atoms with E-state index < -0.39 is 11.7 Å². The molecule has 140 valence electrons. The van der Waals surface area contributed by atoms with Crippen molar-refractivity contribution < 1.29 is 22.5 Å². The van der Waals surface area contributed by atoms with Gasteiger partial charge in [0.05, 0.1) is 11.3 Å². The highest BCUT2D eigenvalue weighted by Gasteiger charge is 2.32. The molecule has 0 unspecified atom stereocenters. The van der Waals surface area contributed by atoms with Crippen LogP contribution in [-0.4, -0.2) is 42.1 Å². The fourth-order valence-electron chi connectivity index (χ4n) is 3.14. The number of alkyl halides is 3. The Kier molecular flexibility index (Phi) is 4.93. The fraction of sp³-hybridized carbons (Fsp3) is 0.444. The molecule has 8 heteroatoms. The van der Waals surface area contributed by atoms with Crippen LogP contribution in [0.2, 0.25) is 0 Å². The van der Waals surface area contributed by atoms with Crippen molar-refractivity contribution >= 4 is 11.6 Å². The summed E-state index contributed by atoms with van der Waals surface area (Å²) < 4.78 is 43.8. The van der Waals surface area contributed by atoms with Crippen LogP contribution in [0.4, 0.5) is 18.9 Å². The van der Waals surface area contributed by atoms with Gasteiger partial charge in [0.2, 0.25) is 0 Å². The van der Waals surface area contributed by atoms with Gasteiger partial charge in [-0.25, -0.2) is 0 Å². The summed E-state index contributed by atoms with van der Waals surface area (Å²) in [6.07, 6.45) is -3.77. The van der Waals surface area contributed by atoms with Gasteiger partial charge < -0.3 is 14.3 Å². The molecule has 0 saturated carbocycles. The molecular formula is C18H20F3N3O2. The highest BCUT2D eigenvalue weighted by molar-refractivity contribution is 5.96. The number of amides is 1. The molecule has 1 fully saturated rings. The number of halogens is 3. The molecular weight excluding hydrogens is 347 g/mol. The number of aromatic nitrogens is 1. The van der Waals surface area contributed by atoms with Gasteiger partial charge in [0.25, 0.3) is 5.91 Å². The molecule has 1 amide bonds. The molecule has 0 bridgehead atoms. The average molecular weight is 367 g/mol. The van der Waals surface area contributed by atoms with Gasteiger partial charge in [-0.3, -0.25) is 4.79 Å². The van der Waals surface area contributed by atoms with Crippen LogP contribution in [0.25, 0.3) is 0 Å². The summed E-state index contributed by atoms with van der Waals surface area (Å²) in [4.78, 5) is 16.3. The third-order valence-electron chi connectivity index (χ3n) is 4.59. The predicted octanol–water partition coefficient (Wildman–Crippen LogP) is 3.53. The number of aryl methyl sites for hydroxylation is 2. The van der Waals surface area contributed by atoms with Crippen LogP contribution in [0.15, 0.2) is 28.8 Å². The molecule has 1 aliphatic rings. The number of anilines is 1. The molecule has 5 nitrogen and oxygen atoms in total. The second-order valence-corrected chi connectivity index (χ2v) is 6.24. The van der Waals surface area contributed by atoms with E-state index >= 15 is 0 Å². The predicted molar refractivity (Wildman–Crippen MR) is 90.2 cm³/mol. The summed E-state index contributed by atoms with van der Waals surface area (Å²) in [5, 5.41) is 3.91. The highest BCUT2D eigenvalue weighted by atomic mass is 19.4. The molecule has 1 aromatic carbocycles. The summed E-state index contributed by atoms with van der Waals surface area (Å²) in [5.41, 5.74) is 0.983. The SMILES string of the molecule is CCc1noc(C)c1C(=O)N1CCN(c2cccc(C(F)(F)F)c2)CC1. The molecule has 1 aromatic heterocycles. The smallest absolute Gasteiger partial charge is 0.368 e. The molecule has 2 aromatic rings. The van der Waals surface area contributed by atoms with Crippen molar-refractivity contribution in [3.8, 4) is 0 Å². The molecule has 26 heavy (non-hydrogen) atoms. The summed E-state index contributed by atoms with van der Waals surface area (Å²) in [7, 11) is 0. The van der Waals surface area contributed by atoms with Crippen LogP contribution >= 0.6 is 0 Å². The lowest BCUT2D eigenvalue weighted by Gasteiger charge is -2.36. The van der Waals surface area contributed by atoms with Gasteiger partial charge >= 0.3 is 6.18 Å². The maximum Gasteiger partial charge on any atom is 0.416 e. The van der Waals surface area contributed by atoms with Gasteiger partial charge in [-0.05, 0) is 31.5 Å². The van der Waals surface area contributed by atoms with E-state index in [2.05, 4.69) is 5.16 Å². The van der Waals surface area contributed by atoms with Crippen molar-refractivity contribution in [3.05, 3.63) is 46.8 Å². The van der Waals surface area contributed by atoms with E-state index in [9.17, 15) is 18.0 Å². The summed E-state index contributed by atoms with van der Waals surface area (Å²) in [6.45, 7) is 5.42. The van der Waals surface area contributed by atoms with Crippen molar-refractivity contribution in [3.63, 3.8) is 0 Å². The Balaban J connectivity index is 1.70. The maximum atomic E-state index is 12.9. The van der Waals surface area contributed by atoms with Crippen molar-refractivity contribution in [2.24, 2.45) is 0 Å². The van der Waals surface area contributed by atoms with E-state index in [1.165, 1.54) is 6.07 Å². The zero-order chi connectivity index (χ0) is 18.9. The Morgan fingerprint density at radius 1 is 1.23 bits per heavy atom. The Hall–Kier alpha value is -2.51. The number of hydrogen-bond acceptors (Lipinski definition) is 4. The molecule has 0 spiro atoms. The summed E-state index contributed by atoms with van der Waals surface area (Å²) >= 11 is 0. The van der Waals surface area contributed by atoms with Crippen molar-refractivity contribution in [1.29, 1.82) is 0 Å². The summed E-state index contributed by atoms with van der Waals surface area (Å²) in [5.74, 6) is 0.358. The second-order valence-electron chi connectivity index (χ2n) is 6.24. The number of hydrogen-bond donors (Lipinski definition) is 0. The molecule has 0 radical (unpaired) electrons. The second kappa shape index (κ2) is 7.01. The van der Waals surface area contributed by atoms with Crippen molar-refractivity contribution in [2.45, 2.75) is 26.4 Å². The average Bonchev–Trinajstić information content (AvgIpc) is 3.01. The molecule has 0 N–H and O–H groups in total. The van der Waals surface area contributed by atoms with E-state index in [1.54, 1.807) is 17.9 Å². The molecule has 0 atom stereocenters. The third-order valence-corrected chi connectivity index (χ3v) is 4.59. The molecule has 1 aliphatic heterocycles. The Bertz CT molecular complexity index is 793.